The van der Waals surface area contributed by atoms with E-state index in [1.54, 1.807) is 27.7 Å². The van der Waals surface area contributed by atoms with E-state index in [0.29, 0.717) is 0 Å². The van der Waals surface area contributed by atoms with Crippen LogP contribution in [0.25, 0.3) is 0 Å². The molecule has 0 N–H and O–H groups in total. The predicted octanol–water partition coefficient (Wildman–Crippen LogP) is 3.55. The van der Waals surface area contributed by atoms with Crippen molar-refractivity contribution >= 4 is 17.9 Å². The van der Waals surface area contributed by atoms with Crippen LogP contribution in [0.5, 0.6) is 0 Å². The molecule has 0 rings (SSSR count). The largest absolute Gasteiger partial charge is 0.428 e. The molecule has 0 aromatic carbocycles. The maximum Gasteiger partial charge on any atom is 0.332 e. The molecule has 0 aliphatic carbocycles. The van der Waals surface area contributed by atoms with Crippen molar-refractivity contribution in [3.8, 4) is 0 Å². The Kier molecular flexibility index (Phi) is 16.0. The van der Waals surface area contributed by atoms with Crippen LogP contribution >= 0.6 is 0 Å². The number of hydrogen-bond donors (Lipinski definition) is 0. The van der Waals surface area contributed by atoms with Gasteiger partial charge in [-0.2, -0.15) is 0 Å². The molecule has 0 aromatic rings. The number of hydrogen-bond acceptors (Lipinski definition) is 12. The first-order valence-electron chi connectivity index (χ1n) is 12.6. The van der Waals surface area contributed by atoms with Gasteiger partial charge in [0.05, 0.1) is 0 Å². The maximum atomic E-state index is 11.9. The summed E-state index contributed by atoms with van der Waals surface area (Å²) >= 11 is 0. The van der Waals surface area contributed by atoms with Crippen LogP contribution in [0.4, 0.5) is 0 Å². The van der Waals surface area contributed by atoms with Crippen molar-refractivity contribution in [2.75, 3.05) is 39.6 Å². The van der Waals surface area contributed by atoms with Gasteiger partial charge in [-0.3, -0.25) is 0 Å². The van der Waals surface area contributed by atoms with E-state index in [1.807, 2.05) is 0 Å². The third-order valence-corrected chi connectivity index (χ3v) is 4.89. The van der Waals surface area contributed by atoms with Gasteiger partial charge in [0.25, 0.3) is 5.97 Å². The molecule has 0 aliphatic rings. The molecule has 0 saturated heterocycles. The normalized spacial score (nSPS) is 17.3. The molecular formula is C27H44O12. The summed E-state index contributed by atoms with van der Waals surface area (Å²) in [5, 5.41) is 0. The smallest absolute Gasteiger partial charge is 0.332 e. The van der Waals surface area contributed by atoms with Crippen LogP contribution < -0.4 is 0 Å². The molecule has 224 valence electrons. The Balaban J connectivity index is 6.23. The van der Waals surface area contributed by atoms with E-state index in [0.717, 1.165) is 18.2 Å². The van der Waals surface area contributed by atoms with Crippen molar-refractivity contribution in [1.82, 2.24) is 0 Å². The third-order valence-electron chi connectivity index (χ3n) is 4.89. The second-order valence-electron chi connectivity index (χ2n) is 8.48. The molecule has 3 atom stereocenters. The summed E-state index contributed by atoms with van der Waals surface area (Å²) in [6, 6.07) is 0. The van der Waals surface area contributed by atoms with E-state index in [9.17, 15) is 14.4 Å². The van der Waals surface area contributed by atoms with Gasteiger partial charge in [-0.25, -0.2) is 14.4 Å². The lowest BCUT2D eigenvalue weighted by molar-refractivity contribution is -0.427. The van der Waals surface area contributed by atoms with Crippen molar-refractivity contribution < 1.29 is 57.0 Å². The SMILES string of the molecule is C=CC(=O)OC(C)(COC(CC)(OCC(C)(OCC)OC(=O)C=C)OCC(C)(OCC)OC(=O)C=C)OCC. The molecule has 0 spiro atoms. The number of carbonyl (C=O) groups excluding carboxylic acids is 3. The van der Waals surface area contributed by atoms with Crippen LogP contribution in [-0.4, -0.2) is 80.9 Å². The summed E-state index contributed by atoms with van der Waals surface area (Å²) in [5.41, 5.74) is 0. The number of rotatable bonds is 22. The Labute approximate surface area is 231 Å². The Morgan fingerprint density at radius 3 is 0.974 bits per heavy atom. The van der Waals surface area contributed by atoms with Gasteiger partial charge < -0.3 is 42.6 Å². The standard InChI is InChI=1S/C27H44O12/c1-11-21(28)37-24(8,31-15-5)18-34-27(14-4,35-19-25(9,32-16-6)38-22(29)12-2)36-20-26(10,33-17-7)39-23(30)13-3/h11-13H,1-3,14-20H2,4-10H3. The van der Waals surface area contributed by atoms with Gasteiger partial charge in [-0.05, 0) is 20.8 Å². The third kappa shape index (κ3) is 13.3. The van der Waals surface area contributed by atoms with Crippen molar-refractivity contribution in [3.05, 3.63) is 38.0 Å². The Morgan fingerprint density at radius 2 is 0.795 bits per heavy atom. The topological polar surface area (TPSA) is 134 Å². The first-order chi connectivity index (χ1) is 18.2. The fourth-order valence-electron chi connectivity index (χ4n) is 3.14. The van der Waals surface area contributed by atoms with Gasteiger partial charge in [-0.1, -0.05) is 26.7 Å². The van der Waals surface area contributed by atoms with Gasteiger partial charge in [-0.15, -0.1) is 0 Å². The molecule has 0 bridgehead atoms. The van der Waals surface area contributed by atoms with Crippen molar-refractivity contribution in [2.45, 2.75) is 78.2 Å². The monoisotopic (exact) mass is 560 g/mol. The molecule has 0 aliphatic heterocycles. The molecule has 0 amide bonds. The summed E-state index contributed by atoms with van der Waals surface area (Å²) in [6.45, 7) is 21.0. The van der Waals surface area contributed by atoms with Gasteiger partial charge >= 0.3 is 17.9 Å². The Morgan fingerprint density at radius 1 is 0.538 bits per heavy atom. The Hall–Kier alpha value is -2.61. The molecule has 3 unspecified atom stereocenters. The highest BCUT2D eigenvalue weighted by Crippen LogP contribution is 2.29. The minimum absolute atomic E-state index is 0.0554. The van der Waals surface area contributed by atoms with E-state index in [1.165, 1.54) is 20.8 Å². The van der Waals surface area contributed by atoms with Crippen LogP contribution in [0.3, 0.4) is 0 Å². The van der Waals surface area contributed by atoms with Gasteiger partial charge in [0, 0.05) is 65.2 Å². The summed E-state index contributed by atoms with van der Waals surface area (Å²) in [4.78, 5) is 35.8. The first-order valence-corrected chi connectivity index (χ1v) is 12.6. The molecular weight excluding hydrogens is 516 g/mol. The van der Waals surface area contributed by atoms with Crippen LogP contribution in [-0.2, 0) is 57.0 Å². The summed E-state index contributed by atoms with van der Waals surface area (Å²) in [6.07, 6.45) is 3.01. The minimum Gasteiger partial charge on any atom is -0.428 e. The van der Waals surface area contributed by atoms with Crippen molar-refractivity contribution in [2.24, 2.45) is 0 Å². The molecule has 0 heterocycles. The van der Waals surface area contributed by atoms with Crippen LogP contribution in [0, 0.1) is 0 Å². The fraction of sp³-hybridized carbons (Fsp3) is 0.667. The van der Waals surface area contributed by atoms with Crippen LogP contribution in [0.15, 0.2) is 38.0 Å². The second-order valence-corrected chi connectivity index (χ2v) is 8.48. The number of esters is 3. The molecule has 0 radical (unpaired) electrons. The quantitative estimate of drug-likeness (QED) is 0.0829. The van der Waals surface area contributed by atoms with E-state index in [-0.39, 0.29) is 46.1 Å². The maximum absolute atomic E-state index is 11.9. The zero-order chi connectivity index (χ0) is 30.2. The van der Waals surface area contributed by atoms with Crippen LogP contribution in [0.2, 0.25) is 0 Å². The highest BCUT2D eigenvalue weighted by molar-refractivity contribution is 5.82. The second kappa shape index (κ2) is 17.2. The molecule has 12 nitrogen and oxygen atoms in total. The first kappa shape index (κ1) is 36.4. The summed E-state index contributed by atoms with van der Waals surface area (Å²) in [5.74, 6) is -8.74. The molecule has 0 aromatic heterocycles. The lowest BCUT2D eigenvalue weighted by Gasteiger charge is -2.40. The van der Waals surface area contributed by atoms with Crippen LogP contribution in [0.1, 0.15) is 54.9 Å². The lowest BCUT2D eigenvalue weighted by atomic mass is 10.3. The Bertz CT molecular complexity index is 725. The summed E-state index contributed by atoms with van der Waals surface area (Å²) < 4.78 is 51.0. The van der Waals surface area contributed by atoms with Gasteiger partial charge in [0.15, 0.2) is 0 Å². The van der Waals surface area contributed by atoms with E-state index >= 15 is 0 Å². The minimum atomic E-state index is -1.88. The van der Waals surface area contributed by atoms with Gasteiger partial charge in [0.2, 0.25) is 17.4 Å². The molecule has 39 heavy (non-hydrogen) atoms. The molecule has 12 heteroatoms. The predicted molar refractivity (Wildman–Crippen MR) is 140 cm³/mol. The number of ether oxygens (including phenoxy) is 9. The van der Waals surface area contributed by atoms with Crippen molar-refractivity contribution in [1.29, 1.82) is 0 Å². The van der Waals surface area contributed by atoms with Crippen molar-refractivity contribution in [3.63, 3.8) is 0 Å². The zero-order valence-electron chi connectivity index (χ0n) is 24.2. The van der Waals surface area contributed by atoms with E-state index < -0.39 is 41.2 Å². The fourth-order valence-corrected chi connectivity index (χ4v) is 3.14. The highest BCUT2D eigenvalue weighted by Gasteiger charge is 2.43. The lowest BCUT2D eigenvalue weighted by Crippen LogP contribution is -2.52. The molecule has 0 saturated carbocycles. The average molecular weight is 561 g/mol. The van der Waals surface area contributed by atoms with E-state index in [2.05, 4.69) is 19.7 Å². The van der Waals surface area contributed by atoms with E-state index in [4.69, 9.17) is 42.6 Å². The average Bonchev–Trinajstić information content (AvgIpc) is 2.88. The zero-order valence-corrected chi connectivity index (χ0v) is 24.2. The number of carbonyl (C=O) groups is 3. The van der Waals surface area contributed by atoms with Gasteiger partial charge in [0.1, 0.15) is 19.8 Å². The summed E-state index contributed by atoms with van der Waals surface area (Å²) in [7, 11) is 0. The highest BCUT2D eigenvalue weighted by atomic mass is 16.9. The molecule has 0 fully saturated rings.